The van der Waals surface area contributed by atoms with E-state index in [1.165, 1.54) is 11.3 Å². The first-order chi connectivity index (χ1) is 16.4. The zero-order chi connectivity index (χ0) is 24.2. The van der Waals surface area contributed by atoms with Gasteiger partial charge in [0.2, 0.25) is 0 Å². The lowest BCUT2D eigenvalue weighted by atomic mass is 9.85. The van der Waals surface area contributed by atoms with E-state index >= 15 is 0 Å². The van der Waals surface area contributed by atoms with Crippen molar-refractivity contribution in [2.75, 3.05) is 25.1 Å². The minimum Gasteiger partial charge on any atom is -0.480 e. The maximum atomic E-state index is 12.9. The number of amides is 1. The van der Waals surface area contributed by atoms with Crippen LogP contribution in [0, 0.1) is 6.92 Å². The van der Waals surface area contributed by atoms with Crippen LogP contribution in [0.15, 0.2) is 24.5 Å². The Morgan fingerprint density at radius 3 is 2.79 bits per heavy atom. The molecule has 3 aromatic rings. The summed E-state index contributed by atoms with van der Waals surface area (Å²) in [6.07, 6.45) is 5.81. The minimum absolute atomic E-state index is 0.178. The van der Waals surface area contributed by atoms with Gasteiger partial charge in [0, 0.05) is 17.3 Å². The number of carbonyl (C=O) groups is 3. The summed E-state index contributed by atoms with van der Waals surface area (Å²) in [4.78, 5) is 43.6. The van der Waals surface area contributed by atoms with Crippen LogP contribution in [-0.4, -0.2) is 47.1 Å². The zero-order valence-electron chi connectivity index (χ0n) is 19.4. The normalized spacial score (nSPS) is 15.0. The third kappa shape index (κ3) is 4.77. The molecule has 1 aliphatic carbocycles. The first-order valence-electron chi connectivity index (χ1n) is 11.3. The van der Waals surface area contributed by atoms with Crippen molar-refractivity contribution in [2.45, 2.75) is 46.0 Å². The van der Waals surface area contributed by atoms with Crippen LogP contribution in [0.5, 0.6) is 5.75 Å². The van der Waals surface area contributed by atoms with Gasteiger partial charge in [-0.2, -0.15) is 0 Å². The summed E-state index contributed by atoms with van der Waals surface area (Å²) >= 11 is 1.30. The van der Waals surface area contributed by atoms with Crippen LogP contribution < -0.4 is 10.1 Å². The molecule has 0 fully saturated rings. The van der Waals surface area contributed by atoms with Crippen LogP contribution in [0.3, 0.4) is 0 Å². The van der Waals surface area contributed by atoms with Crippen LogP contribution in [0.1, 0.15) is 59.1 Å². The third-order valence-electron chi connectivity index (χ3n) is 5.50. The van der Waals surface area contributed by atoms with Crippen LogP contribution in [-0.2, 0) is 25.5 Å². The predicted octanol–water partition coefficient (Wildman–Crippen LogP) is 3.88. The molecular weight excluding hydrogens is 458 g/mol. The highest BCUT2D eigenvalue weighted by Gasteiger charge is 2.36. The number of thiophene rings is 1. The molecule has 0 aromatic carbocycles. The molecule has 9 nitrogen and oxygen atoms in total. The summed E-state index contributed by atoms with van der Waals surface area (Å²) in [6.45, 7) is 5.51. The molecule has 3 heterocycles. The maximum Gasteiger partial charge on any atom is 0.341 e. The zero-order valence-corrected chi connectivity index (χ0v) is 20.2. The van der Waals surface area contributed by atoms with Crippen LogP contribution in [0.2, 0.25) is 0 Å². The first-order valence-corrected chi connectivity index (χ1v) is 12.1. The molecule has 0 spiro atoms. The van der Waals surface area contributed by atoms with E-state index in [0.717, 1.165) is 23.4 Å². The van der Waals surface area contributed by atoms with Crippen LogP contribution in [0.4, 0.5) is 5.00 Å². The van der Waals surface area contributed by atoms with Gasteiger partial charge in [-0.15, -0.1) is 11.3 Å². The molecule has 1 unspecified atom stereocenters. The first kappa shape index (κ1) is 23.7. The van der Waals surface area contributed by atoms with E-state index < -0.39 is 17.8 Å². The van der Waals surface area contributed by atoms with Gasteiger partial charge in [0.15, 0.2) is 18.0 Å². The van der Waals surface area contributed by atoms with Gasteiger partial charge in [0.05, 0.1) is 30.4 Å². The van der Waals surface area contributed by atoms with Crippen molar-refractivity contribution in [1.82, 2.24) is 9.38 Å². The fraction of sp³-hybridized carbons (Fsp3) is 0.417. The lowest BCUT2D eigenvalue weighted by Gasteiger charge is -2.22. The van der Waals surface area contributed by atoms with E-state index in [-0.39, 0.29) is 31.4 Å². The molecule has 1 atom stereocenters. The van der Waals surface area contributed by atoms with Gasteiger partial charge in [0.1, 0.15) is 5.00 Å². The Labute approximate surface area is 201 Å². The minimum atomic E-state index is -0.565. The number of aryl methyl sites for hydroxylation is 2. The number of imidazole rings is 1. The number of nitrogens with zero attached hydrogens (tertiary/aromatic N) is 2. The Kier molecular flexibility index (Phi) is 7.16. The molecular formula is C24H27N3O6S. The Morgan fingerprint density at radius 1 is 1.24 bits per heavy atom. The third-order valence-corrected chi connectivity index (χ3v) is 6.68. The van der Waals surface area contributed by atoms with E-state index in [1.54, 1.807) is 19.9 Å². The van der Waals surface area contributed by atoms with Crippen molar-refractivity contribution in [3.8, 4) is 5.75 Å². The lowest BCUT2D eigenvalue weighted by molar-refractivity contribution is -0.145. The van der Waals surface area contributed by atoms with Gasteiger partial charge in [-0.1, -0.05) is 0 Å². The quantitative estimate of drug-likeness (QED) is 0.482. The van der Waals surface area contributed by atoms with E-state index in [4.69, 9.17) is 14.2 Å². The molecule has 0 aliphatic heterocycles. The molecule has 0 bridgehead atoms. The van der Waals surface area contributed by atoms with Crippen LogP contribution >= 0.6 is 11.3 Å². The fourth-order valence-corrected chi connectivity index (χ4v) is 5.46. The molecule has 1 N–H and O–H groups in total. The number of fused-ring (bicyclic) bond motifs is 2. The van der Waals surface area contributed by atoms with Gasteiger partial charge in [-0.3, -0.25) is 9.59 Å². The van der Waals surface area contributed by atoms with Gasteiger partial charge >= 0.3 is 11.9 Å². The second-order valence-corrected chi connectivity index (χ2v) is 8.99. The van der Waals surface area contributed by atoms with E-state index in [9.17, 15) is 14.4 Å². The summed E-state index contributed by atoms with van der Waals surface area (Å²) in [5, 5.41) is 3.16. The number of hydrogen-bond acceptors (Lipinski definition) is 8. The summed E-state index contributed by atoms with van der Waals surface area (Å²) in [6, 6.07) is 3.55. The number of rotatable bonds is 8. The van der Waals surface area contributed by atoms with E-state index in [2.05, 4.69) is 10.3 Å². The Balaban J connectivity index is 1.57. The summed E-state index contributed by atoms with van der Waals surface area (Å²) in [5.74, 6) is -1.44. The highest BCUT2D eigenvalue weighted by Crippen LogP contribution is 2.44. The fourth-order valence-electron chi connectivity index (χ4n) is 4.16. The number of nitrogens with one attached hydrogen (secondary N) is 1. The van der Waals surface area contributed by atoms with Gasteiger partial charge in [-0.05, 0) is 57.7 Å². The summed E-state index contributed by atoms with van der Waals surface area (Å²) in [7, 11) is 0. The molecule has 0 saturated heterocycles. The molecule has 0 radical (unpaired) electrons. The topological polar surface area (TPSA) is 108 Å². The van der Waals surface area contributed by atoms with Crippen molar-refractivity contribution in [3.63, 3.8) is 0 Å². The number of hydrogen-bond donors (Lipinski definition) is 1. The van der Waals surface area contributed by atoms with Crippen LogP contribution in [0.25, 0.3) is 5.65 Å². The number of anilines is 1. The number of ether oxygens (including phenoxy) is 3. The van der Waals surface area contributed by atoms with Crippen molar-refractivity contribution in [2.24, 2.45) is 0 Å². The summed E-state index contributed by atoms with van der Waals surface area (Å²) < 4.78 is 18.1. The molecule has 0 saturated carbocycles. The maximum absolute atomic E-state index is 12.9. The smallest absolute Gasteiger partial charge is 0.341 e. The second kappa shape index (κ2) is 10.3. The van der Waals surface area contributed by atoms with Crippen molar-refractivity contribution >= 4 is 39.8 Å². The standard InChI is InChI=1S/C24H27N3O6S/c1-4-31-23(29)15-8-6-10-17-19(15)20(24(30)32-5-2)22(34-17)26-18(28)13-33-16-9-7-11-27-12-14(3)25-21(16)27/h7,9,11-12,15H,4-6,8,10,13H2,1-3H3,(H,26,28). The van der Waals surface area contributed by atoms with Gasteiger partial charge < -0.3 is 23.9 Å². The molecule has 180 valence electrons. The van der Waals surface area contributed by atoms with Crippen molar-refractivity contribution in [3.05, 3.63) is 46.2 Å². The molecule has 34 heavy (non-hydrogen) atoms. The van der Waals surface area contributed by atoms with Crippen molar-refractivity contribution in [1.29, 1.82) is 0 Å². The predicted molar refractivity (Wildman–Crippen MR) is 127 cm³/mol. The molecule has 4 rings (SSSR count). The molecule has 3 aromatic heterocycles. The number of esters is 2. The van der Waals surface area contributed by atoms with Gasteiger partial charge in [0.25, 0.3) is 5.91 Å². The molecule has 1 amide bonds. The Hall–Kier alpha value is -3.40. The monoisotopic (exact) mass is 485 g/mol. The highest BCUT2D eigenvalue weighted by atomic mass is 32.1. The molecule has 10 heteroatoms. The highest BCUT2D eigenvalue weighted by molar-refractivity contribution is 7.17. The number of pyridine rings is 1. The lowest BCUT2D eigenvalue weighted by Crippen LogP contribution is -2.24. The SMILES string of the molecule is CCOC(=O)c1c(NC(=O)COc2cccn3cc(C)nc23)sc2c1C(C(=O)OCC)CCC2. The van der Waals surface area contributed by atoms with E-state index in [0.29, 0.717) is 28.4 Å². The summed E-state index contributed by atoms with van der Waals surface area (Å²) in [5.41, 5.74) is 2.30. The van der Waals surface area contributed by atoms with E-state index in [1.807, 2.05) is 29.8 Å². The average Bonchev–Trinajstić information content (AvgIpc) is 3.37. The largest absolute Gasteiger partial charge is 0.480 e. The Bertz CT molecular complexity index is 1230. The van der Waals surface area contributed by atoms with Crippen molar-refractivity contribution < 1.29 is 28.6 Å². The second-order valence-electron chi connectivity index (χ2n) is 7.88. The average molecular weight is 486 g/mol. The van der Waals surface area contributed by atoms with Gasteiger partial charge in [-0.25, -0.2) is 9.78 Å². The number of aromatic nitrogens is 2. The molecule has 1 aliphatic rings. The Morgan fingerprint density at radius 2 is 2.03 bits per heavy atom. The number of carbonyl (C=O) groups excluding carboxylic acids is 3.